The summed E-state index contributed by atoms with van der Waals surface area (Å²) in [7, 11) is -0.506. The first-order valence-electron chi connectivity index (χ1n) is 11.3. The minimum Gasteiger partial charge on any atom is -0.402 e. The molecule has 2 atom stereocenters. The Bertz CT molecular complexity index is 848. The molecular formula is C25H35BN2O3S. The fourth-order valence-electron chi connectivity index (χ4n) is 3.57. The molecule has 1 fully saturated rings. The maximum Gasteiger partial charge on any atom is 0.481 e. The third kappa shape index (κ3) is 6.61. The van der Waals surface area contributed by atoms with Crippen LogP contribution in [0.4, 0.5) is 0 Å². The summed E-state index contributed by atoms with van der Waals surface area (Å²) >= 11 is 1.58. The summed E-state index contributed by atoms with van der Waals surface area (Å²) in [6.07, 6.45) is 2.59. The second-order valence-corrected chi connectivity index (χ2v) is 10.4. The van der Waals surface area contributed by atoms with Gasteiger partial charge in [-0.15, -0.1) is 11.8 Å². The summed E-state index contributed by atoms with van der Waals surface area (Å²) in [6, 6.07) is 19.7. The standard InChI is InChI=1S/C25H35BN2O3S/c1-24(2)25(3,4)31-26(30-24)22(17-11-14-19-12-7-5-8-13-19)28-23(29)21(27)18-32-20-15-9-6-10-16-20/h5-10,12-13,15-16,21-22H,11,14,17-18,27H2,1-4H3,(H,28,29). The number of carbonyl (C=O) groups excluding carboxylic acids is 1. The predicted molar refractivity (Wildman–Crippen MR) is 133 cm³/mol. The first kappa shape index (κ1) is 24.8. The highest BCUT2D eigenvalue weighted by molar-refractivity contribution is 7.99. The largest absolute Gasteiger partial charge is 0.481 e. The highest BCUT2D eigenvalue weighted by atomic mass is 32.2. The lowest BCUT2D eigenvalue weighted by Gasteiger charge is -2.32. The molecule has 172 valence electrons. The van der Waals surface area contributed by atoms with Crippen molar-refractivity contribution in [2.45, 2.75) is 75.0 Å². The van der Waals surface area contributed by atoms with Gasteiger partial charge in [0.1, 0.15) is 0 Å². The third-order valence-corrected chi connectivity index (χ3v) is 7.39. The molecule has 3 N–H and O–H groups in total. The average molecular weight is 454 g/mol. The molecule has 7 heteroatoms. The van der Waals surface area contributed by atoms with E-state index in [-0.39, 0.29) is 11.8 Å². The van der Waals surface area contributed by atoms with Crippen LogP contribution in [-0.2, 0) is 20.5 Å². The van der Waals surface area contributed by atoms with E-state index in [2.05, 4.69) is 17.4 Å². The molecule has 1 saturated heterocycles. The van der Waals surface area contributed by atoms with Gasteiger partial charge in [0, 0.05) is 10.6 Å². The minimum absolute atomic E-state index is 0.173. The molecule has 2 aromatic carbocycles. The second kappa shape index (κ2) is 10.9. The zero-order chi connectivity index (χ0) is 23.2. The van der Waals surface area contributed by atoms with E-state index < -0.39 is 24.4 Å². The van der Waals surface area contributed by atoms with Gasteiger partial charge in [-0.3, -0.25) is 4.79 Å². The molecule has 1 amide bonds. The molecule has 0 aliphatic carbocycles. The zero-order valence-electron chi connectivity index (χ0n) is 19.5. The van der Waals surface area contributed by atoms with E-state index in [0.717, 1.165) is 24.2 Å². The third-order valence-electron chi connectivity index (χ3n) is 6.26. The van der Waals surface area contributed by atoms with Gasteiger partial charge in [-0.2, -0.15) is 0 Å². The van der Waals surface area contributed by atoms with E-state index in [1.165, 1.54) is 5.56 Å². The van der Waals surface area contributed by atoms with Crippen LogP contribution in [0.1, 0.15) is 46.1 Å². The van der Waals surface area contributed by atoms with Crippen molar-refractivity contribution >= 4 is 24.8 Å². The van der Waals surface area contributed by atoms with E-state index in [9.17, 15) is 4.79 Å². The zero-order valence-corrected chi connectivity index (χ0v) is 20.4. The molecule has 3 rings (SSSR count). The van der Waals surface area contributed by atoms with Crippen LogP contribution >= 0.6 is 11.8 Å². The monoisotopic (exact) mass is 454 g/mol. The molecule has 0 radical (unpaired) electrons. The Morgan fingerprint density at radius 2 is 1.56 bits per heavy atom. The van der Waals surface area contributed by atoms with Gasteiger partial charge in [0.25, 0.3) is 0 Å². The van der Waals surface area contributed by atoms with Crippen LogP contribution in [0.3, 0.4) is 0 Å². The Morgan fingerprint density at radius 1 is 1.00 bits per heavy atom. The maximum atomic E-state index is 12.9. The van der Waals surface area contributed by atoms with Crippen molar-refractivity contribution in [3.8, 4) is 0 Å². The molecule has 2 aromatic rings. The van der Waals surface area contributed by atoms with Gasteiger partial charge in [0.15, 0.2) is 0 Å². The number of rotatable bonds is 10. The highest BCUT2D eigenvalue weighted by Crippen LogP contribution is 2.38. The fraction of sp³-hybridized carbons (Fsp3) is 0.480. The number of carbonyl (C=O) groups is 1. The van der Waals surface area contributed by atoms with Gasteiger partial charge in [0.05, 0.1) is 23.2 Å². The maximum absolute atomic E-state index is 12.9. The average Bonchev–Trinajstić information content (AvgIpc) is 2.99. The van der Waals surface area contributed by atoms with E-state index >= 15 is 0 Å². The van der Waals surface area contributed by atoms with Crippen LogP contribution in [0.2, 0.25) is 0 Å². The Hall–Kier alpha value is -1.80. The Kier molecular flexibility index (Phi) is 8.45. The van der Waals surface area contributed by atoms with Crippen molar-refractivity contribution in [1.82, 2.24) is 5.32 Å². The topological polar surface area (TPSA) is 73.6 Å². The van der Waals surface area contributed by atoms with Crippen LogP contribution in [-0.4, -0.2) is 42.0 Å². The van der Waals surface area contributed by atoms with Crippen molar-refractivity contribution in [2.24, 2.45) is 5.73 Å². The number of nitrogens with one attached hydrogen (secondary N) is 1. The molecule has 1 aliphatic rings. The van der Waals surface area contributed by atoms with Gasteiger partial charge in [-0.25, -0.2) is 0 Å². The van der Waals surface area contributed by atoms with Crippen molar-refractivity contribution in [3.63, 3.8) is 0 Å². The van der Waals surface area contributed by atoms with Gasteiger partial charge < -0.3 is 20.4 Å². The van der Waals surface area contributed by atoms with E-state index in [0.29, 0.717) is 5.75 Å². The molecule has 0 spiro atoms. The number of thioether (sulfide) groups is 1. The van der Waals surface area contributed by atoms with Crippen molar-refractivity contribution < 1.29 is 14.1 Å². The van der Waals surface area contributed by atoms with Crippen LogP contribution in [0.15, 0.2) is 65.6 Å². The van der Waals surface area contributed by atoms with Gasteiger partial charge >= 0.3 is 7.12 Å². The van der Waals surface area contributed by atoms with Crippen LogP contribution in [0, 0.1) is 0 Å². The molecule has 1 heterocycles. The van der Waals surface area contributed by atoms with Crippen LogP contribution < -0.4 is 11.1 Å². The highest BCUT2D eigenvalue weighted by Gasteiger charge is 2.54. The minimum atomic E-state index is -0.612. The van der Waals surface area contributed by atoms with Crippen LogP contribution in [0.5, 0.6) is 0 Å². The first-order valence-corrected chi connectivity index (χ1v) is 12.3. The van der Waals surface area contributed by atoms with E-state index in [4.69, 9.17) is 15.0 Å². The Morgan fingerprint density at radius 3 is 2.16 bits per heavy atom. The first-order chi connectivity index (χ1) is 15.2. The second-order valence-electron chi connectivity index (χ2n) is 9.35. The van der Waals surface area contributed by atoms with Gasteiger partial charge in [-0.05, 0) is 64.7 Å². The number of aryl methyl sites for hydroxylation is 1. The summed E-state index contributed by atoms with van der Waals surface area (Å²) in [4.78, 5) is 14.0. The number of hydrogen-bond donors (Lipinski definition) is 2. The molecule has 0 aromatic heterocycles. The Labute approximate surface area is 197 Å². The number of amides is 1. The smallest absolute Gasteiger partial charge is 0.402 e. The van der Waals surface area contributed by atoms with E-state index in [1.54, 1.807) is 11.8 Å². The number of benzene rings is 2. The normalized spacial score (nSPS) is 18.8. The summed E-state index contributed by atoms with van der Waals surface area (Å²) in [5.74, 6) is 0.0727. The Balaban J connectivity index is 1.61. The predicted octanol–water partition coefficient (Wildman–Crippen LogP) is 4.25. The molecule has 0 bridgehead atoms. The lowest BCUT2D eigenvalue weighted by Crippen LogP contribution is -2.53. The molecule has 1 aliphatic heterocycles. The number of hydrogen-bond acceptors (Lipinski definition) is 5. The lowest BCUT2D eigenvalue weighted by molar-refractivity contribution is -0.122. The summed E-state index contributed by atoms with van der Waals surface area (Å²) in [5.41, 5.74) is 6.60. The quantitative estimate of drug-likeness (QED) is 0.415. The number of nitrogens with two attached hydrogens (primary N) is 1. The SMILES string of the molecule is CC1(C)OB(C(CCCc2ccccc2)NC(=O)C(N)CSc2ccccc2)OC1(C)C. The lowest BCUT2D eigenvalue weighted by atomic mass is 9.75. The summed E-state index contributed by atoms with van der Waals surface area (Å²) in [5, 5.41) is 3.13. The van der Waals surface area contributed by atoms with Crippen molar-refractivity contribution in [3.05, 3.63) is 66.2 Å². The summed E-state index contributed by atoms with van der Waals surface area (Å²) in [6.45, 7) is 8.10. The van der Waals surface area contributed by atoms with E-state index in [1.807, 2.05) is 76.2 Å². The van der Waals surface area contributed by atoms with Crippen molar-refractivity contribution in [1.29, 1.82) is 0 Å². The molecule has 0 saturated carbocycles. The summed E-state index contributed by atoms with van der Waals surface area (Å²) < 4.78 is 12.5. The molecular weight excluding hydrogens is 419 g/mol. The van der Waals surface area contributed by atoms with Gasteiger partial charge in [0.2, 0.25) is 5.91 Å². The molecule has 5 nitrogen and oxygen atoms in total. The van der Waals surface area contributed by atoms with Gasteiger partial charge in [-0.1, -0.05) is 48.5 Å². The fourth-order valence-corrected chi connectivity index (χ4v) is 4.44. The van der Waals surface area contributed by atoms with Crippen molar-refractivity contribution in [2.75, 3.05) is 5.75 Å². The molecule has 32 heavy (non-hydrogen) atoms. The van der Waals surface area contributed by atoms with Crippen LogP contribution in [0.25, 0.3) is 0 Å². The molecule has 2 unspecified atom stereocenters.